The van der Waals surface area contributed by atoms with Crippen molar-refractivity contribution in [2.24, 2.45) is 0 Å². The quantitative estimate of drug-likeness (QED) is 0.532. The van der Waals surface area contributed by atoms with Crippen LogP contribution in [-0.4, -0.2) is 5.78 Å². The molecule has 0 bridgehead atoms. The Labute approximate surface area is 60.7 Å². The summed E-state index contributed by atoms with van der Waals surface area (Å²) < 4.78 is 0. The van der Waals surface area contributed by atoms with Crippen LogP contribution in [0.3, 0.4) is 0 Å². The number of carbonyl (C=O) groups is 1. The highest BCUT2D eigenvalue weighted by atomic mass is 16.1. The lowest BCUT2D eigenvalue weighted by Crippen LogP contribution is -1.93. The van der Waals surface area contributed by atoms with Crippen molar-refractivity contribution in [2.75, 3.05) is 0 Å². The van der Waals surface area contributed by atoms with Gasteiger partial charge < -0.3 is 0 Å². The van der Waals surface area contributed by atoms with Gasteiger partial charge in [0.1, 0.15) is 0 Å². The number of hydrogen-bond acceptors (Lipinski definition) is 1. The van der Waals surface area contributed by atoms with E-state index in [0.29, 0.717) is 0 Å². The smallest absolute Gasteiger partial charge is 0.160 e. The molecule has 0 atom stereocenters. The first-order valence-corrected chi connectivity index (χ1v) is 3.11. The predicted molar refractivity (Wildman–Crippen MR) is 38.9 cm³/mol. The maximum atomic E-state index is 10.8. The van der Waals surface area contributed by atoms with Crippen molar-refractivity contribution in [2.45, 2.75) is 13.8 Å². The summed E-state index contributed by atoms with van der Waals surface area (Å²) in [4.78, 5) is 10.8. The normalized spacial score (nSPS) is 8.60. The Morgan fingerprint density at radius 2 is 2.00 bits per heavy atom. The van der Waals surface area contributed by atoms with Gasteiger partial charge >= 0.3 is 0 Å². The molecule has 0 N–H and O–H groups in total. The SMILES string of the molecule is CC(=O)c1cc#ccc1C. The minimum Gasteiger partial charge on any atom is -0.294 e. The van der Waals surface area contributed by atoms with Gasteiger partial charge in [-0.05, 0) is 31.5 Å². The molecule has 0 heterocycles. The topological polar surface area (TPSA) is 17.1 Å². The Hall–Kier alpha value is -1.29. The third-order valence-corrected chi connectivity index (χ3v) is 1.39. The third kappa shape index (κ3) is 1.16. The molecule has 0 radical (unpaired) electrons. The summed E-state index contributed by atoms with van der Waals surface area (Å²) in [6.07, 6.45) is 0. The highest BCUT2D eigenvalue weighted by molar-refractivity contribution is 5.95. The first kappa shape index (κ1) is 6.82. The van der Waals surface area contributed by atoms with Crippen LogP contribution < -0.4 is 0 Å². The van der Waals surface area contributed by atoms with Gasteiger partial charge in [-0.2, -0.15) is 0 Å². The van der Waals surface area contributed by atoms with Crippen LogP contribution in [0.4, 0.5) is 0 Å². The van der Waals surface area contributed by atoms with E-state index in [1.165, 1.54) is 0 Å². The van der Waals surface area contributed by atoms with Crippen LogP contribution in [0, 0.1) is 19.1 Å². The lowest BCUT2D eigenvalue weighted by Gasteiger charge is -1.94. The fraction of sp³-hybridized carbons (Fsp3) is 0.222. The minimum atomic E-state index is 0.0859. The Morgan fingerprint density at radius 3 is 2.40 bits per heavy atom. The zero-order valence-electron chi connectivity index (χ0n) is 6.06. The highest BCUT2D eigenvalue weighted by Gasteiger charge is 1.99. The number of carbonyl (C=O) groups excluding carboxylic acids is 1. The Kier molecular flexibility index (Phi) is 1.73. The molecule has 0 saturated carbocycles. The summed E-state index contributed by atoms with van der Waals surface area (Å²) in [5, 5.41) is 0. The van der Waals surface area contributed by atoms with Crippen LogP contribution in [0.5, 0.6) is 0 Å². The molecule has 1 aromatic rings. The largest absolute Gasteiger partial charge is 0.294 e. The summed E-state index contributed by atoms with van der Waals surface area (Å²) in [6, 6.07) is 8.94. The molecule has 1 rings (SSSR count). The minimum absolute atomic E-state index is 0.0859. The lowest BCUT2D eigenvalue weighted by molar-refractivity contribution is 0.101. The third-order valence-electron chi connectivity index (χ3n) is 1.39. The molecule has 0 spiro atoms. The van der Waals surface area contributed by atoms with Crippen molar-refractivity contribution >= 4 is 5.78 Å². The standard InChI is InChI=1S/C9H8O/c1-7-5-3-4-6-9(7)8(2)10/h5-6H,1-2H3. The second-order valence-electron chi connectivity index (χ2n) is 2.23. The number of Topliss-reactive ketones (excluding diaryl/α,β-unsaturated/α-hetero) is 1. The van der Waals surface area contributed by atoms with Crippen LogP contribution >= 0.6 is 0 Å². The van der Waals surface area contributed by atoms with E-state index >= 15 is 0 Å². The van der Waals surface area contributed by atoms with Crippen molar-refractivity contribution in [3.05, 3.63) is 35.4 Å². The molecule has 0 aliphatic rings. The molecule has 0 aliphatic carbocycles. The van der Waals surface area contributed by atoms with Crippen LogP contribution in [0.15, 0.2) is 12.1 Å². The van der Waals surface area contributed by atoms with E-state index in [1.54, 1.807) is 19.1 Å². The van der Waals surface area contributed by atoms with Crippen molar-refractivity contribution in [1.29, 1.82) is 0 Å². The molecule has 1 heteroatoms. The number of aryl methyl sites for hydroxylation is 1. The molecule has 0 saturated heterocycles. The van der Waals surface area contributed by atoms with Gasteiger partial charge in [0.05, 0.1) is 0 Å². The average Bonchev–Trinajstić information content (AvgIpc) is 1.88. The van der Waals surface area contributed by atoms with E-state index in [2.05, 4.69) is 12.1 Å². The van der Waals surface area contributed by atoms with Gasteiger partial charge in [-0.15, -0.1) is 0 Å². The Balaban J connectivity index is 3.15. The average molecular weight is 132 g/mol. The highest BCUT2D eigenvalue weighted by Crippen LogP contribution is 2.03. The number of hydrogen-bond donors (Lipinski definition) is 0. The summed E-state index contributed by atoms with van der Waals surface area (Å²) in [7, 11) is 0. The molecule has 10 heavy (non-hydrogen) atoms. The molecule has 0 aromatic heterocycles. The van der Waals surface area contributed by atoms with Gasteiger partial charge in [0.25, 0.3) is 0 Å². The molecule has 1 nitrogen and oxygen atoms in total. The van der Waals surface area contributed by atoms with Gasteiger partial charge in [-0.1, -0.05) is 12.1 Å². The monoisotopic (exact) mass is 132 g/mol. The van der Waals surface area contributed by atoms with Crippen molar-refractivity contribution in [3.8, 4) is 0 Å². The molecule has 1 aromatic carbocycles. The molecule has 0 amide bonds. The van der Waals surface area contributed by atoms with Gasteiger partial charge in [0.2, 0.25) is 0 Å². The summed E-state index contributed by atoms with van der Waals surface area (Å²) in [6.45, 7) is 3.44. The molecular formula is C9H8O. The Morgan fingerprint density at radius 1 is 1.40 bits per heavy atom. The van der Waals surface area contributed by atoms with Crippen molar-refractivity contribution < 1.29 is 4.79 Å². The number of rotatable bonds is 1. The van der Waals surface area contributed by atoms with Crippen LogP contribution in [-0.2, 0) is 0 Å². The second kappa shape index (κ2) is 2.53. The molecule has 0 unspecified atom stereocenters. The molecular weight excluding hydrogens is 124 g/mol. The molecule has 0 aliphatic heterocycles. The second-order valence-corrected chi connectivity index (χ2v) is 2.23. The summed E-state index contributed by atoms with van der Waals surface area (Å²) >= 11 is 0. The van der Waals surface area contributed by atoms with Gasteiger partial charge in [-0.3, -0.25) is 4.79 Å². The predicted octanol–water partition coefficient (Wildman–Crippen LogP) is 1.80. The van der Waals surface area contributed by atoms with Crippen molar-refractivity contribution in [1.82, 2.24) is 0 Å². The fourth-order valence-corrected chi connectivity index (χ4v) is 0.835. The zero-order chi connectivity index (χ0) is 7.56. The summed E-state index contributed by atoms with van der Waals surface area (Å²) in [5.74, 6) is 0.0859. The van der Waals surface area contributed by atoms with E-state index in [9.17, 15) is 4.79 Å². The van der Waals surface area contributed by atoms with E-state index in [-0.39, 0.29) is 5.78 Å². The zero-order valence-corrected chi connectivity index (χ0v) is 6.06. The van der Waals surface area contributed by atoms with Crippen LogP contribution in [0.25, 0.3) is 0 Å². The van der Waals surface area contributed by atoms with Gasteiger partial charge in [0.15, 0.2) is 5.78 Å². The fourth-order valence-electron chi connectivity index (χ4n) is 0.835. The Bertz CT molecular complexity index is 251. The first-order valence-electron chi connectivity index (χ1n) is 3.11. The van der Waals surface area contributed by atoms with Gasteiger partial charge in [0, 0.05) is 5.56 Å². The molecule has 50 valence electrons. The first-order chi connectivity index (χ1) is 4.72. The maximum absolute atomic E-state index is 10.8. The van der Waals surface area contributed by atoms with E-state index in [1.807, 2.05) is 6.92 Å². The maximum Gasteiger partial charge on any atom is 0.160 e. The number of ketones is 1. The summed E-state index contributed by atoms with van der Waals surface area (Å²) in [5.41, 5.74) is 1.70. The van der Waals surface area contributed by atoms with E-state index in [4.69, 9.17) is 0 Å². The molecule has 0 fully saturated rings. The van der Waals surface area contributed by atoms with Crippen LogP contribution in [0.1, 0.15) is 22.8 Å². The van der Waals surface area contributed by atoms with E-state index in [0.717, 1.165) is 11.1 Å². The lowest BCUT2D eigenvalue weighted by atomic mass is 10.1. The van der Waals surface area contributed by atoms with E-state index < -0.39 is 0 Å². The van der Waals surface area contributed by atoms with Crippen molar-refractivity contribution in [3.63, 3.8) is 0 Å². The van der Waals surface area contributed by atoms with Gasteiger partial charge in [-0.25, -0.2) is 0 Å². The van der Waals surface area contributed by atoms with Crippen LogP contribution in [0.2, 0.25) is 0 Å².